The summed E-state index contributed by atoms with van der Waals surface area (Å²) in [7, 11) is 2.65. The van der Waals surface area contributed by atoms with E-state index in [9.17, 15) is 4.79 Å². The van der Waals surface area contributed by atoms with Gasteiger partial charge in [-0.25, -0.2) is 4.79 Å². The number of esters is 1. The molecule has 1 rings (SSSR count). The second-order valence-electron chi connectivity index (χ2n) is 2.72. The van der Waals surface area contributed by atoms with Gasteiger partial charge in [-0.3, -0.25) is 0 Å². The van der Waals surface area contributed by atoms with Gasteiger partial charge in [0.1, 0.15) is 0 Å². The van der Waals surface area contributed by atoms with Crippen LogP contribution >= 0.6 is 0 Å². The molecule has 5 nitrogen and oxygen atoms in total. The first-order valence-electron chi connectivity index (χ1n) is 4.20. The quantitative estimate of drug-likeness (QED) is 0.530. The molecule has 0 amide bonds. The molecule has 0 heterocycles. The molecule has 0 unspecified atom stereocenters. The Morgan fingerprint density at radius 2 is 2.00 bits per heavy atom. The molecule has 86 valence electrons. The van der Waals surface area contributed by atoms with Crippen molar-refractivity contribution in [2.75, 3.05) is 14.2 Å². The number of hydrogen-bond acceptors (Lipinski definition) is 3. The van der Waals surface area contributed by atoms with Crippen LogP contribution in [0.1, 0.15) is 15.9 Å². The van der Waals surface area contributed by atoms with Crippen LogP contribution in [-0.4, -0.2) is 25.3 Å². The molecule has 0 fully saturated rings. The Labute approximate surface area is 119 Å². The van der Waals surface area contributed by atoms with Crippen molar-refractivity contribution in [3.8, 4) is 0 Å². The number of ether oxygens (including phenoxy) is 1. The molecule has 0 saturated carbocycles. The van der Waals surface area contributed by atoms with E-state index in [1.54, 1.807) is 25.1 Å². The van der Waals surface area contributed by atoms with Crippen molar-refractivity contribution in [2.24, 2.45) is 0 Å². The molecular formula is C10H14N2O3U. The number of carbonyl (C=O) groups excluding carboxylic acids is 1. The van der Waals surface area contributed by atoms with Crippen molar-refractivity contribution in [3.63, 3.8) is 0 Å². The predicted molar refractivity (Wildman–Crippen MR) is 57.6 cm³/mol. The van der Waals surface area contributed by atoms with Crippen LogP contribution in [0.25, 0.3) is 11.2 Å². The van der Waals surface area contributed by atoms with E-state index in [0.29, 0.717) is 11.3 Å². The molecule has 0 radical (unpaired) electrons. The minimum Gasteiger partial charge on any atom is -0.699 e. The van der Waals surface area contributed by atoms with Gasteiger partial charge in [-0.15, -0.1) is 12.7 Å². The van der Waals surface area contributed by atoms with Crippen LogP contribution < -0.4 is 0 Å². The Kier molecular flexibility index (Phi) is 10.8. The van der Waals surface area contributed by atoms with E-state index in [2.05, 4.69) is 10.2 Å². The van der Waals surface area contributed by atoms with E-state index >= 15 is 0 Å². The van der Waals surface area contributed by atoms with Crippen molar-refractivity contribution in [1.82, 2.24) is 0 Å². The smallest absolute Gasteiger partial charge is 0.699 e. The number of hydroxylamine groups is 1. The fraction of sp³-hybridized carbons (Fsp3) is 0.300. The van der Waals surface area contributed by atoms with Gasteiger partial charge in [-0.1, -0.05) is 11.6 Å². The first kappa shape index (κ1) is 17.8. The molecule has 16 heavy (non-hydrogen) atoms. The number of nitrogens with one attached hydrogen (secondary N) is 1. The Morgan fingerprint density at radius 1 is 1.50 bits per heavy atom. The first-order valence-corrected chi connectivity index (χ1v) is 4.20. The molecule has 2 N–H and O–H groups in total. The third-order valence-corrected chi connectivity index (χ3v) is 1.65. The van der Waals surface area contributed by atoms with Crippen LogP contribution in [-0.2, 0) is 4.74 Å². The summed E-state index contributed by atoms with van der Waals surface area (Å²) in [5.41, 5.74) is 11.6. The molecule has 0 aromatic heterocycles. The van der Waals surface area contributed by atoms with Crippen molar-refractivity contribution < 1.29 is 45.9 Å². The molecule has 0 aliphatic rings. The van der Waals surface area contributed by atoms with Gasteiger partial charge in [0.2, 0.25) is 0 Å². The summed E-state index contributed by atoms with van der Waals surface area (Å²) in [6, 6.07) is 4.82. The van der Waals surface area contributed by atoms with Gasteiger partial charge in [-0.2, -0.15) is 0 Å². The Hall–Kier alpha value is -0.538. The van der Waals surface area contributed by atoms with Crippen LogP contribution in [0.3, 0.4) is 0 Å². The Bertz CT molecular complexity index is 332. The summed E-state index contributed by atoms with van der Waals surface area (Å²) >= 11 is 0. The largest absolute Gasteiger partial charge is 2.00 e. The molecular weight excluding hydrogens is 434 g/mol. The van der Waals surface area contributed by atoms with Crippen LogP contribution in [0.15, 0.2) is 18.2 Å². The fourth-order valence-electron chi connectivity index (χ4n) is 0.908. The van der Waals surface area contributed by atoms with Crippen LogP contribution in [0.4, 0.5) is 5.69 Å². The summed E-state index contributed by atoms with van der Waals surface area (Å²) in [4.78, 5) is 11.0. The molecule has 1 aromatic carbocycles. The summed E-state index contributed by atoms with van der Waals surface area (Å²) < 4.78 is 4.53. The van der Waals surface area contributed by atoms with Gasteiger partial charge in [0.25, 0.3) is 0 Å². The normalized spacial score (nSPS) is 8.25. The van der Waals surface area contributed by atoms with E-state index < -0.39 is 0 Å². The molecule has 0 bridgehead atoms. The maximum atomic E-state index is 11.0. The minimum atomic E-state index is -0.363. The van der Waals surface area contributed by atoms with Gasteiger partial charge in [0.15, 0.2) is 0 Å². The number of hydrogen-bond donors (Lipinski definition) is 1. The molecule has 1 aromatic rings. The third-order valence-electron chi connectivity index (χ3n) is 1.65. The molecule has 0 spiro atoms. The zero-order valence-electron chi connectivity index (χ0n) is 9.44. The number of methoxy groups -OCH3 is 1. The molecule has 0 aliphatic carbocycles. The van der Waals surface area contributed by atoms with E-state index in [0.717, 1.165) is 5.56 Å². The zero-order chi connectivity index (χ0) is 11.8. The number of carbonyl (C=O) groups is 1. The molecule has 0 atom stereocenters. The fourth-order valence-corrected chi connectivity index (χ4v) is 0.908. The SMILES string of the molecule is COC(=O)c1ccc([NH-])c(C)c1.C[N-]O.[U+2]. The zero-order valence-corrected chi connectivity index (χ0v) is 13.6. The Morgan fingerprint density at radius 3 is 2.38 bits per heavy atom. The van der Waals surface area contributed by atoms with Crippen molar-refractivity contribution >= 4 is 11.7 Å². The molecule has 6 heteroatoms. The van der Waals surface area contributed by atoms with Crippen molar-refractivity contribution in [2.45, 2.75) is 6.92 Å². The standard InChI is InChI=1S/C9H11NO2.CH4NO.U/c1-6-5-7(9(11)12-2)3-4-8(6)10;1-2-3;/h3-5H,1-2H3,(H2,10,11);3H,1H3;/q;-1;+2/p-1. The summed E-state index contributed by atoms with van der Waals surface area (Å²) in [5.74, 6) is -0.363. The third kappa shape index (κ3) is 6.13. The summed E-state index contributed by atoms with van der Waals surface area (Å²) in [5, 5.41) is 7.19. The van der Waals surface area contributed by atoms with Gasteiger partial charge in [-0.05, 0) is 19.1 Å². The van der Waals surface area contributed by atoms with Crippen molar-refractivity contribution in [3.05, 3.63) is 40.5 Å². The average Bonchev–Trinajstić information content (AvgIpc) is 2.22. The van der Waals surface area contributed by atoms with E-state index in [4.69, 9.17) is 10.9 Å². The maximum Gasteiger partial charge on any atom is 2.00 e. The van der Waals surface area contributed by atoms with Gasteiger partial charge >= 0.3 is 37.1 Å². The maximum absolute atomic E-state index is 11.0. The predicted octanol–water partition coefficient (Wildman–Crippen LogP) is 2.84. The molecule has 0 aliphatic heterocycles. The van der Waals surface area contributed by atoms with E-state index in [-0.39, 0.29) is 37.1 Å². The monoisotopic (exact) mass is 448 g/mol. The van der Waals surface area contributed by atoms with Gasteiger partial charge in [0.05, 0.1) is 12.7 Å². The van der Waals surface area contributed by atoms with E-state index in [1.165, 1.54) is 14.2 Å². The summed E-state index contributed by atoms with van der Waals surface area (Å²) in [6.07, 6.45) is 0. The second-order valence-corrected chi connectivity index (χ2v) is 2.72. The molecule has 0 saturated heterocycles. The topological polar surface area (TPSA) is 84.4 Å². The van der Waals surface area contributed by atoms with Crippen LogP contribution in [0.2, 0.25) is 0 Å². The van der Waals surface area contributed by atoms with Crippen molar-refractivity contribution in [1.29, 1.82) is 0 Å². The van der Waals surface area contributed by atoms with Crippen LogP contribution in [0, 0.1) is 38.0 Å². The van der Waals surface area contributed by atoms with Gasteiger partial charge in [0, 0.05) is 0 Å². The van der Waals surface area contributed by atoms with Gasteiger partial charge < -0.3 is 21.2 Å². The summed E-state index contributed by atoms with van der Waals surface area (Å²) in [6.45, 7) is 1.79. The minimum absolute atomic E-state index is 0. The van der Waals surface area contributed by atoms with E-state index in [1.807, 2.05) is 0 Å². The number of rotatable bonds is 1. The Balaban J connectivity index is 0. The number of nitrogens with zero attached hydrogens (tertiary/aromatic N) is 1. The average molecular weight is 448 g/mol. The number of aryl methyl sites for hydroxylation is 1. The number of benzene rings is 1. The first-order chi connectivity index (χ1) is 7.06. The second kappa shape index (κ2) is 9.67. The van der Waals surface area contributed by atoms with Crippen LogP contribution in [0.5, 0.6) is 0 Å².